The van der Waals surface area contributed by atoms with Gasteiger partial charge in [0.15, 0.2) is 5.01 Å². The van der Waals surface area contributed by atoms with Gasteiger partial charge in [-0.3, -0.25) is 14.8 Å². The van der Waals surface area contributed by atoms with Gasteiger partial charge in [-0.15, -0.1) is 10.2 Å². The van der Waals surface area contributed by atoms with Gasteiger partial charge < -0.3 is 11.1 Å². The lowest BCUT2D eigenvalue weighted by Gasteiger charge is -2.04. The van der Waals surface area contributed by atoms with E-state index in [0.717, 1.165) is 11.3 Å². The number of hydrogen-bond acceptors (Lipinski definition) is 7. The number of carbonyl (C=O) groups is 1. The molecule has 0 aliphatic carbocycles. The summed E-state index contributed by atoms with van der Waals surface area (Å²) >= 11 is 13.3. The van der Waals surface area contributed by atoms with Crippen LogP contribution in [0.15, 0.2) is 59.5 Å². The molecule has 142 valence electrons. The summed E-state index contributed by atoms with van der Waals surface area (Å²) in [6, 6.07) is 10.6. The van der Waals surface area contributed by atoms with Gasteiger partial charge in [0.2, 0.25) is 5.01 Å². The van der Waals surface area contributed by atoms with E-state index in [1.165, 1.54) is 12.4 Å². The Balaban J connectivity index is 1.65. The highest BCUT2D eigenvalue weighted by atomic mass is 35.5. The summed E-state index contributed by atoms with van der Waals surface area (Å²) in [5, 5.41) is 12.3. The van der Waals surface area contributed by atoms with Gasteiger partial charge in [-0.05, 0) is 24.3 Å². The Hall–Kier alpha value is -2.81. The Morgan fingerprint density at radius 1 is 1.18 bits per heavy atom. The normalized spacial score (nSPS) is 11.7. The quantitative estimate of drug-likeness (QED) is 0.577. The van der Waals surface area contributed by atoms with Crippen LogP contribution < -0.4 is 11.1 Å². The number of aromatic nitrogens is 3. The van der Waals surface area contributed by atoms with Crippen LogP contribution in [0, 0.1) is 0 Å². The van der Waals surface area contributed by atoms with E-state index in [1.54, 1.807) is 36.5 Å². The van der Waals surface area contributed by atoms with Crippen molar-refractivity contribution in [3.8, 4) is 10.7 Å². The number of aliphatic imine (C=N–C) groups is 1. The Morgan fingerprint density at radius 3 is 2.64 bits per heavy atom. The van der Waals surface area contributed by atoms with Crippen LogP contribution >= 0.6 is 34.5 Å². The second-order valence-electron chi connectivity index (χ2n) is 5.37. The van der Waals surface area contributed by atoms with E-state index in [1.807, 2.05) is 6.07 Å². The van der Waals surface area contributed by atoms with Crippen molar-refractivity contribution in [1.82, 2.24) is 20.5 Å². The second kappa shape index (κ2) is 9.41. The number of rotatable bonds is 6. The Bertz CT molecular complexity index is 1020. The third-order valence-corrected chi connectivity index (χ3v) is 5.13. The number of amides is 1. The maximum atomic E-state index is 12.4. The third-order valence-electron chi connectivity index (χ3n) is 3.48. The number of nitrogens with one attached hydrogen (secondary N) is 1. The van der Waals surface area contributed by atoms with Crippen molar-refractivity contribution >= 4 is 46.7 Å². The topological polar surface area (TPSA) is 106 Å². The summed E-state index contributed by atoms with van der Waals surface area (Å²) in [4.78, 5) is 20.8. The van der Waals surface area contributed by atoms with E-state index in [2.05, 4.69) is 25.5 Å². The van der Waals surface area contributed by atoms with Gasteiger partial charge >= 0.3 is 0 Å². The first-order chi connectivity index (χ1) is 13.6. The van der Waals surface area contributed by atoms with Crippen LogP contribution in [0.25, 0.3) is 10.7 Å². The molecule has 10 heteroatoms. The SMILES string of the molecule is N/C=C(\C=NCc1c(Cl)cccc1Cl)NC(=O)c1nnc(-c2ccccn2)s1. The van der Waals surface area contributed by atoms with Crippen LogP contribution in [-0.2, 0) is 6.54 Å². The monoisotopic (exact) mass is 432 g/mol. The molecule has 3 rings (SSSR count). The van der Waals surface area contributed by atoms with Crippen molar-refractivity contribution in [1.29, 1.82) is 0 Å². The number of benzene rings is 1. The Morgan fingerprint density at radius 2 is 1.96 bits per heavy atom. The highest BCUT2D eigenvalue weighted by Gasteiger charge is 2.15. The molecule has 0 bridgehead atoms. The van der Waals surface area contributed by atoms with E-state index in [9.17, 15) is 4.79 Å². The van der Waals surface area contributed by atoms with Crippen molar-refractivity contribution in [3.63, 3.8) is 0 Å². The van der Waals surface area contributed by atoms with Gasteiger partial charge in [0.1, 0.15) is 5.69 Å². The molecule has 7 nitrogen and oxygen atoms in total. The van der Waals surface area contributed by atoms with Gasteiger partial charge in [-0.25, -0.2) is 0 Å². The predicted octanol–water partition coefficient (Wildman–Crippen LogP) is 3.71. The molecule has 1 aromatic carbocycles. The molecule has 0 atom stereocenters. The summed E-state index contributed by atoms with van der Waals surface area (Å²) in [5.41, 5.74) is 7.21. The lowest BCUT2D eigenvalue weighted by Crippen LogP contribution is -2.24. The first-order valence-electron chi connectivity index (χ1n) is 7.99. The highest BCUT2D eigenvalue weighted by molar-refractivity contribution is 7.16. The molecule has 2 heterocycles. The fourth-order valence-corrected chi connectivity index (χ4v) is 3.36. The van der Waals surface area contributed by atoms with Crippen LogP contribution in [-0.4, -0.2) is 27.3 Å². The minimum atomic E-state index is -0.446. The molecular weight excluding hydrogens is 419 g/mol. The van der Waals surface area contributed by atoms with E-state index in [0.29, 0.717) is 32.0 Å². The summed E-state index contributed by atoms with van der Waals surface area (Å²) in [5.74, 6) is -0.446. The number of carbonyl (C=O) groups excluding carboxylic acids is 1. The molecule has 0 spiro atoms. The molecule has 1 amide bonds. The molecule has 0 radical (unpaired) electrons. The number of hydrogen-bond donors (Lipinski definition) is 2. The standard InChI is InChI=1S/C18H14Cl2N6OS/c19-13-4-3-5-14(20)12(13)10-22-9-11(8-21)24-16(27)18-26-25-17(28-18)15-6-1-2-7-23-15/h1-9H,10,21H2,(H,24,27)/b11-8+,22-9?. The van der Waals surface area contributed by atoms with Crippen LogP contribution in [0.5, 0.6) is 0 Å². The van der Waals surface area contributed by atoms with E-state index in [-0.39, 0.29) is 11.6 Å². The summed E-state index contributed by atoms with van der Waals surface area (Å²) in [6.07, 6.45) is 4.31. The zero-order chi connectivity index (χ0) is 19.9. The molecule has 0 saturated carbocycles. The van der Waals surface area contributed by atoms with Crippen LogP contribution in [0.1, 0.15) is 15.4 Å². The largest absolute Gasteiger partial charge is 0.403 e. The predicted molar refractivity (Wildman–Crippen MR) is 112 cm³/mol. The average Bonchev–Trinajstić information content (AvgIpc) is 3.20. The van der Waals surface area contributed by atoms with Crippen molar-refractivity contribution in [2.75, 3.05) is 0 Å². The maximum Gasteiger partial charge on any atom is 0.286 e. The van der Waals surface area contributed by atoms with Gasteiger partial charge in [0.05, 0.1) is 12.2 Å². The summed E-state index contributed by atoms with van der Waals surface area (Å²) < 4.78 is 0. The van der Waals surface area contributed by atoms with E-state index < -0.39 is 5.91 Å². The summed E-state index contributed by atoms with van der Waals surface area (Å²) in [7, 11) is 0. The van der Waals surface area contributed by atoms with Gasteiger partial charge in [0.25, 0.3) is 5.91 Å². The lowest BCUT2D eigenvalue weighted by atomic mass is 10.2. The molecule has 0 aliphatic rings. The van der Waals surface area contributed by atoms with Crippen molar-refractivity contribution < 1.29 is 4.79 Å². The van der Waals surface area contributed by atoms with E-state index >= 15 is 0 Å². The fourth-order valence-electron chi connectivity index (χ4n) is 2.13. The molecule has 28 heavy (non-hydrogen) atoms. The second-order valence-corrected chi connectivity index (χ2v) is 7.17. The first-order valence-corrected chi connectivity index (χ1v) is 9.56. The maximum absolute atomic E-state index is 12.4. The molecule has 2 aromatic heterocycles. The fraction of sp³-hybridized carbons (Fsp3) is 0.0556. The zero-order valence-electron chi connectivity index (χ0n) is 14.3. The Kier molecular flexibility index (Phi) is 6.70. The molecule has 0 fully saturated rings. The van der Waals surface area contributed by atoms with Crippen LogP contribution in [0.3, 0.4) is 0 Å². The molecule has 3 aromatic rings. The molecular formula is C18H14Cl2N6OS. The first kappa shape index (κ1) is 19.9. The third kappa shape index (κ3) is 4.92. The molecule has 3 N–H and O–H groups in total. The Labute approximate surface area is 175 Å². The summed E-state index contributed by atoms with van der Waals surface area (Å²) in [6.45, 7) is 0.244. The number of pyridine rings is 1. The lowest BCUT2D eigenvalue weighted by molar-refractivity contribution is 0.0967. The van der Waals surface area contributed by atoms with Crippen LogP contribution in [0.4, 0.5) is 0 Å². The number of nitrogens with two attached hydrogens (primary N) is 1. The minimum Gasteiger partial charge on any atom is -0.403 e. The molecule has 0 saturated heterocycles. The van der Waals surface area contributed by atoms with Crippen molar-refractivity contribution in [2.45, 2.75) is 6.54 Å². The smallest absolute Gasteiger partial charge is 0.286 e. The van der Waals surface area contributed by atoms with Crippen molar-refractivity contribution in [3.05, 3.63) is 75.1 Å². The van der Waals surface area contributed by atoms with E-state index in [4.69, 9.17) is 28.9 Å². The minimum absolute atomic E-state index is 0.183. The van der Waals surface area contributed by atoms with Crippen molar-refractivity contribution in [2.24, 2.45) is 10.7 Å². The number of halogens is 2. The van der Waals surface area contributed by atoms with Gasteiger partial charge in [-0.1, -0.05) is 46.7 Å². The van der Waals surface area contributed by atoms with Crippen LogP contribution in [0.2, 0.25) is 10.0 Å². The van der Waals surface area contributed by atoms with Gasteiger partial charge in [0, 0.05) is 34.2 Å². The molecule has 0 unspecified atom stereocenters. The average molecular weight is 433 g/mol. The number of allylic oxidation sites excluding steroid dienone is 1. The highest BCUT2D eigenvalue weighted by Crippen LogP contribution is 2.25. The molecule has 0 aliphatic heterocycles. The van der Waals surface area contributed by atoms with Gasteiger partial charge in [-0.2, -0.15) is 0 Å². The zero-order valence-corrected chi connectivity index (χ0v) is 16.7. The number of nitrogens with zero attached hydrogens (tertiary/aromatic N) is 4.